The summed E-state index contributed by atoms with van der Waals surface area (Å²) in [6, 6.07) is 8.21. The smallest absolute Gasteiger partial charge is 0.395 e. The van der Waals surface area contributed by atoms with Gasteiger partial charge in [0.25, 0.3) is 5.91 Å². The van der Waals surface area contributed by atoms with Gasteiger partial charge < -0.3 is 19.5 Å². The number of aromatic nitrogens is 1. The van der Waals surface area contributed by atoms with E-state index in [0.717, 1.165) is 25.7 Å². The third kappa shape index (κ3) is 6.11. The van der Waals surface area contributed by atoms with Crippen molar-refractivity contribution in [1.82, 2.24) is 19.7 Å². The number of para-hydroxylation sites is 1. The highest BCUT2D eigenvalue weighted by Crippen LogP contribution is 2.43. The molecule has 230 valence electrons. The molecular weight excluding hydrogens is 573 g/mol. The number of H-pyrrole nitrogens is 1. The van der Waals surface area contributed by atoms with Crippen molar-refractivity contribution in [3.05, 3.63) is 70.4 Å². The van der Waals surface area contributed by atoms with Gasteiger partial charge >= 0.3 is 12.1 Å². The molecule has 13 heteroatoms. The number of amides is 1. The van der Waals surface area contributed by atoms with E-state index in [1.165, 1.54) is 4.90 Å². The molecule has 0 spiro atoms. The largest absolute Gasteiger partial charge is 0.416 e. The SMILES string of the molecule is O=C1c2cc(C(F)(F)F)cc(c2)C(F)(F)c2[nH]c3ccccc3c2C[C@@H]2CN(C/C=N/OCCN3CCOCC3)CCN12. The van der Waals surface area contributed by atoms with Crippen LogP contribution < -0.4 is 0 Å². The maximum atomic E-state index is 16.1. The zero-order valence-corrected chi connectivity index (χ0v) is 23.4. The first-order valence-electron chi connectivity index (χ1n) is 14.3. The van der Waals surface area contributed by atoms with Crippen molar-refractivity contribution in [2.45, 2.75) is 24.6 Å². The van der Waals surface area contributed by atoms with Gasteiger partial charge in [0.2, 0.25) is 0 Å². The number of ether oxygens (including phenoxy) is 1. The van der Waals surface area contributed by atoms with Crippen LogP contribution in [0.15, 0.2) is 47.6 Å². The molecule has 8 nitrogen and oxygen atoms in total. The summed E-state index contributed by atoms with van der Waals surface area (Å²) in [6.07, 6.45) is -3.18. The number of benzene rings is 2. The van der Waals surface area contributed by atoms with Crippen LogP contribution in [-0.4, -0.2) is 103 Å². The molecule has 1 amide bonds. The number of nitrogens with one attached hydrogen (secondary N) is 1. The Bertz CT molecular complexity index is 1500. The molecule has 2 saturated heterocycles. The minimum absolute atomic E-state index is 0.0980. The van der Waals surface area contributed by atoms with Crippen molar-refractivity contribution in [3.63, 3.8) is 0 Å². The van der Waals surface area contributed by atoms with E-state index >= 15 is 8.78 Å². The van der Waals surface area contributed by atoms with E-state index in [1.54, 1.807) is 30.5 Å². The van der Waals surface area contributed by atoms with E-state index in [4.69, 9.17) is 9.57 Å². The number of morpholine rings is 1. The molecule has 3 aliphatic rings. The first kappa shape index (κ1) is 29.5. The van der Waals surface area contributed by atoms with Gasteiger partial charge in [0.05, 0.1) is 30.7 Å². The molecule has 1 N–H and O–H groups in total. The monoisotopic (exact) mass is 605 g/mol. The first-order chi connectivity index (χ1) is 20.6. The second-order valence-electron chi connectivity index (χ2n) is 11.1. The van der Waals surface area contributed by atoms with Crippen molar-refractivity contribution in [2.24, 2.45) is 5.16 Å². The third-order valence-corrected chi connectivity index (χ3v) is 8.36. The fourth-order valence-electron chi connectivity index (χ4n) is 6.10. The van der Waals surface area contributed by atoms with Gasteiger partial charge in [0, 0.05) is 73.9 Å². The summed E-state index contributed by atoms with van der Waals surface area (Å²) in [6.45, 7) is 5.64. The van der Waals surface area contributed by atoms with Crippen LogP contribution in [0.1, 0.15) is 32.7 Å². The molecule has 2 aromatic carbocycles. The molecule has 2 fully saturated rings. The highest BCUT2D eigenvalue weighted by Gasteiger charge is 2.44. The van der Waals surface area contributed by atoms with Crippen molar-refractivity contribution in [1.29, 1.82) is 0 Å². The van der Waals surface area contributed by atoms with Crippen molar-refractivity contribution in [2.75, 3.05) is 65.6 Å². The van der Waals surface area contributed by atoms with Crippen LogP contribution in [0.5, 0.6) is 0 Å². The summed E-state index contributed by atoms with van der Waals surface area (Å²) in [4.78, 5) is 27.6. The number of rotatable bonds is 6. The van der Waals surface area contributed by atoms with Crippen LogP contribution >= 0.6 is 0 Å². The molecule has 0 radical (unpaired) electrons. The fourth-order valence-corrected chi connectivity index (χ4v) is 6.10. The van der Waals surface area contributed by atoms with Crippen LogP contribution in [0.25, 0.3) is 10.9 Å². The van der Waals surface area contributed by atoms with E-state index in [-0.39, 0.29) is 18.5 Å². The molecule has 4 heterocycles. The highest BCUT2D eigenvalue weighted by atomic mass is 19.4. The number of halogens is 5. The Balaban J connectivity index is 1.27. The van der Waals surface area contributed by atoms with Crippen molar-refractivity contribution < 1.29 is 36.3 Å². The summed E-state index contributed by atoms with van der Waals surface area (Å²) in [5.41, 5.74) is -2.29. The lowest BCUT2D eigenvalue weighted by Gasteiger charge is -2.42. The lowest BCUT2D eigenvalue weighted by atomic mass is 9.91. The number of hydrogen-bond acceptors (Lipinski definition) is 6. The highest BCUT2D eigenvalue weighted by molar-refractivity contribution is 5.95. The summed E-state index contributed by atoms with van der Waals surface area (Å²) >= 11 is 0. The number of aromatic amines is 1. The average Bonchev–Trinajstić information content (AvgIpc) is 3.37. The first-order valence-corrected chi connectivity index (χ1v) is 14.3. The number of alkyl halides is 5. The maximum absolute atomic E-state index is 16.1. The van der Waals surface area contributed by atoms with Gasteiger partial charge in [-0.2, -0.15) is 22.0 Å². The number of nitrogens with zero attached hydrogens (tertiary/aromatic N) is 4. The lowest BCUT2D eigenvalue weighted by molar-refractivity contribution is -0.137. The number of piperazine rings is 1. The zero-order chi connectivity index (χ0) is 30.2. The second-order valence-corrected chi connectivity index (χ2v) is 11.1. The third-order valence-electron chi connectivity index (χ3n) is 8.36. The molecule has 1 atom stereocenters. The van der Waals surface area contributed by atoms with Crippen LogP contribution in [-0.2, 0) is 28.1 Å². The number of carbonyl (C=O) groups is 1. The minimum Gasteiger partial charge on any atom is -0.395 e. The van der Waals surface area contributed by atoms with Crippen molar-refractivity contribution in [3.8, 4) is 0 Å². The van der Waals surface area contributed by atoms with E-state index in [9.17, 15) is 18.0 Å². The Hall–Kier alpha value is -3.55. The second kappa shape index (κ2) is 11.9. The van der Waals surface area contributed by atoms with Gasteiger partial charge in [-0.25, -0.2) is 0 Å². The standard InChI is InChI=1S/C30H32F5N5O3/c31-29(32)21-15-20(16-22(17-21)30(33,34)35)28(41)40-8-7-39(6-5-36-43-14-11-38-9-12-42-13-10-38)19-23(40)18-25-24-3-1-2-4-26(24)37-27(25)29/h1-5,15-17,23,37H,6-14,18-19H2/b36-5+/t23-/m1/s1. The predicted molar refractivity (Wildman–Crippen MR) is 149 cm³/mol. The van der Waals surface area contributed by atoms with Gasteiger partial charge in [0.15, 0.2) is 0 Å². The fraction of sp³-hybridized carbons (Fsp3) is 0.467. The van der Waals surface area contributed by atoms with E-state index in [1.807, 2.05) is 4.90 Å². The Labute approximate surface area is 245 Å². The van der Waals surface area contributed by atoms with E-state index in [2.05, 4.69) is 15.0 Å². The summed E-state index contributed by atoms with van der Waals surface area (Å²) in [7, 11) is 0. The normalized spacial score (nSPS) is 21.7. The summed E-state index contributed by atoms with van der Waals surface area (Å²) in [5.74, 6) is -4.50. The minimum atomic E-state index is -4.91. The topological polar surface area (TPSA) is 73.4 Å². The van der Waals surface area contributed by atoms with Gasteiger partial charge in [-0.05, 0) is 36.2 Å². The van der Waals surface area contributed by atoms with Gasteiger partial charge in [0.1, 0.15) is 6.61 Å². The quantitative estimate of drug-likeness (QED) is 0.196. The zero-order valence-electron chi connectivity index (χ0n) is 23.4. The maximum Gasteiger partial charge on any atom is 0.416 e. The number of hydrogen-bond donors (Lipinski definition) is 1. The molecule has 0 unspecified atom stereocenters. The molecule has 6 rings (SSSR count). The predicted octanol–water partition coefficient (Wildman–Crippen LogP) is 4.34. The van der Waals surface area contributed by atoms with Crippen LogP contribution in [0, 0.1) is 0 Å². The summed E-state index contributed by atoms with van der Waals surface area (Å²) in [5, 5.41) is 4.60. The average molecular weight is 606 g/mol. The molecule has 0 aliphatic carbocycles. The Kier molecular flexibility index (Phi) is 8.14. The Morgan fingerprint density at radius 2 is 1.86 bits per heavy atom. The number of fused-ring (bicyclic) bond motifs is 6. The van der Waals surface area contributed by atoms with Gasteiger partial charge in [-0.1, -0.05) is 23.4 Å². The molecule has 43 heavy (non-hydrogen) atoms. The van der Waals surface area contributed by atoms with Crippen LogP contribution in [0.4, 0.5) is 22.0 Å². The lowest BCUT2D eigenvalue weighted by Crippen LogP contribution is -2.56. The van der Waals surface area contributed by atoms with Crippen LogP contribution in [0.3, 0.4) is 0 Å². The van der Waals surface area contributed by atoms with Gasteiger partial charge in [-0.15, -0.1) is 0 Å². The Morgan fingerprint density at radius 1 is 1.07 bits per heavy atom. The molecule has 2 bridgehead atoms. The molecule has 3 aromatic rings. The number of carbonyl (C=O) groups excluding carboxylic acids is 1. The van der Waals surface area contributed by atoms with Crippen molar-refractivity contribution >= 4 is 23.0 Å². The van der Waals surface area contributed by atoms with E-state index in [0.29, 0.717) is 62.5 Å². The summed E-state index contributed by atoms with van der Waals surface area (Å²) < 4.78 is 79.1. The number of oxime groups is 1. The molecule has 3 aliphatic heterocycles. The van der Waals surface area contributed by atoms with Crippen LogP contribution in [0.2, 0.25) is 0 Å². The Morgan fingerprint density at radius 3 is 2.65 bits per heavy atom. The molecule has 0 saturated carbocycles. The molecular formula is C30H32F5N5O3. The van der Waals surface area contributed by atoms with E-state index < -0.39 is 46.4 Å². The molecule has 1 aromatic heterocycles. The van der Waals surface area contributed by atoms with Gasteiger partial charge in [-0.3, -0.25) is 14.6 Å².